The van der Waals surface area contributed by atoms with Gasteiger partial charge in [0.2, 0.25) is 0 Å². The van der Waals surface area contributed by atoms with Crippen molar-refractivity contribution in [3.63, 3.8) is 0 Å². The van der Waals surface area contributed by atoms with Crippen molar-refractivity contribution < 1.29 is 0 Å². The zero-order valence-corrected chi connectivity index (χ0v) is 19.9. The molecule has 0 amide bonds. The number of benzene rings is 2. The van der Waals surface area contributed by atoms with Crippen LogP contribution in [0.5, 0.6) is 0 Å². The van der Waals surface area contributed by atoms with Crippen LogP contribution >= 0.6 is 0 Å². The molecule has 0 fully saturated rings. The lowest BCUT2D eigenvalue weighted by molar-refractivity contribution is 0.0661. The number of hydrogen-bond donors (Lipinski definition) is 0. The molecule has 2 aromatic carbocycles. The van der Waals surface area contributed by atoms with E-state index in [1.54, 1.807) is 0 Å². The van der Waals surface area contributed by atoms with Crippen LogP contribution < -0.4 is 4.48 Å². The summed E-state index contributed by atoms with van der Waals surface area (Å²) in [6.45, 7) is 14.6. The van der Waals surface area contributed by atoms with Crippen LogP contribution in [0.4, 0.5) is 11.4 Å². The largest absolute Gasteiger partial charge is 0.250 e. The Morgan fingerprint density at radius 3 is 1.21 bits per heavy atom. The standard InChI is InChI=1S/C28H44N/c1-7-9-17-23-27(3,4)29(25-19-13-11-14-20-25,26-21-15-12-16-22-26)28(5,6)24-18-10-8-2/h11-16,19-22H,7-10,17-18,23-24H2,1-6H3/q+1. The predicted octanol–water partition coefficient (Wildman–Crippen LogP) is 9.04. The summed E-state index contributed by atoms with van der Waals surface area (Å²) in [5.41, 5.74) is 3.02. The molecule has 1 heteroatoms. The molecule has 0 heterocycles. The van der Waals surface area contributed by atoms with Crippen molar-refractivity contribution in [3.05, 3.63) is 60.7 Å². The van der Waals surface area contributed by atoms with Gasteiger partial charge in [-0.15, -0.1) is 0 Å². The fourth-order valence-corrected chi connectivity index (χ4v) is 5.62. The first-order chi connectivity index (χ1) is 13.8. The van der Waals surface area contributed by atoms with Crippen molar-refractivity contribution in [1.29, 1.82) is 0 Å². The second kappa shape index (κ2) is 10.4. The van der Waals surface area contributed by atoms with E-state index in [-0.39, 0.29) is 11.1 Å². The fraction of sp³-hybridized carbons (Fsp3) is 0.571. The lowest BCUT2D eigenvalue weighted by atomic mass is 9.79. The smallest absolute Gasteiger partial charge is 0.138 e. The first-order valence-corrected chi connectivity index (χ1v) is 11.8. The van der Waals surface area contributed by atoms with E-state index in [9.17, 15) is 0 Å². The quantitative estimate of drug-likeness (QED) is 0.249. The number of nitrogens with zero attached hydrogens (tertiary/aromatic N) is 1. The zero-order valence-electron chi connectivity index (χ0n) is 19.9. The molecule has 0 radical (unpaired) electrons. The van der Waals surface area contributed by atoms with E-state index < -0.39 is 0 Å². The Kier molecular flexibility index (Phi) is 8.52. The van der Waals surface area contributed by atoms with Gasteiger partial charge in [0.05, 0.1) is 0 Å². The van der Waals surface area contributed by atoms with Gasteiger partial charge in [-0.3, -0.25) is 4.48 Å². The van der Waals surface area contributed by atoms with Gasteiger partial charge in [-0.1, -0.05) is 75.9 Å². The van der Waals surface area contributed by atoms with Gasteiger partial charge in [-0.05, 0) is 64.8 Å². The molecule has 29 heavy (non-hydrogen) atoms. The first-order valence-electron chi connectivity index (χ1n) is 11.8. The predicted molar refractivity (Wildman–Crippen MR) is 131 cm³/mol. The second-order valence-corrected chi connectivity index (χ2v) is 9.88. The number of rotatable bonds is 12. The molecule has 0 atom stereocenters. The highest BCUT2D eigenvalue weighted by Gasteiger charge is 2.56. The molecule has 160 valence electrons. The van der Waals surface area contributed by atoms with Gasteiger partial charge in [0.15, 0.2) is 0 Å². The zero-order chi connectivity index (χ0) is 21.4. The Labute approximate surface area is 180 Å². The monoisotopic (exact) mass is 394 g/mol. The summed E-state index contributed by atoms with van der Waals surface area (Å²) in [7, 11) is 0. The van der Waals surface area contributed by atoms with Crippen LogP contribution in [0.25, 0.3) is 0 Å². The summed E-state index contributed by atoms with van der Waals surface area (Å²) in [6.07, 6.45) is 10.2. The molecule has 0 aromatic heterocycles. The Bertz CT molecular complexity index is 636. The maximum atomic E-state index is 2.50. The van der Waals surface area contributed by atoms with Crippen LogP contribution in [0, 0.1) is 0 Å². The van der Waals surface area contributed by atoms with E-state index in [4.69, 9.17) is 0 Å². The highest BCUT2D eigenvalue weighted by Crippen LogP contribution is 2.52. The molecule has 0 N–H and O–H groups in total. The average Bonchev–Trinajstić information content (AvgIpc) is 2.70. The molecule has 1 nitrogen and oxygen atoms in total. The summed E-state index contributed by atoms with van der Waals surface area (Å²) in [4.78, 5) is 0. The molecule has 0 bridgehead atoms. The molecule has 0 saturated carbocycles. The Balaban J connectivity index is 2.72. The number of para-hydroxylation sites is 2. The third-order valence-electron chi connectivity index (χ3n) is 6.89. The number of quaternary nitrogens is 1. The van der Waals surface area contributed by atoms with Crippen molar-refractivity contribution in [3.8, 4) is 0 Å². The van der Waals surface area contributed by atoms with Crippen molar-refractivity contribution in [2.45, 2.75) is 104 Å². The Hall–Kier alpha value is -1.60. The van der Waals surface area contributed by atoms with E-state index >= 15 is 0 Å². The van der Waals surface area contributed by atoms with E-state index in [0.717, 1.165) is 4.48 Å². The van der Waals surface area contributed by atoms with E-state index in [0.29, 0.717) is 0 Å². The molecule has 0 aliphatic heterocycles. The highest BCUT2D eigenvalue weighted by molar-refractivity contribution is 5.62. The molecule has 0 spiro atoms. The topological polar surface area (TPSA) is 0 Å². The summed E-state index contributed by atoms with van der Waals surface area (Å²) < 4.78 is 0.912. The molecule has 2 rings (SSSR count). The van der Waals surface area contributed by atoms with Gasteiger partial charge in [0, 0.05) is 12.8 Å². The summed E-state index contributed by atoms with van der Waals surface area (Å²) in [5, 5.41) is 0. The second-order valence-electron chi connectivity index (χ2n) is 9.88. The minimum Gasteiger partial charge on any atom is -0.250 e. The van der Waals surface area contributed by atoms with Gasteiger partial charge >= 0.3 is 0 Å². The van der Waals surface area contributed by atoms with Crippen molar-refractivity contribution in [2.75, 3.05) is 0 Å². The number of hydrogen-bond acceptors (Lipinski definition) is 0. The minimum atomic E-state index is 0.0909. The van der Waals surface area contributed by atoms with Crippen LogP contribution in [0.3, 0.4) is 0 Å². The third kappa shape index (κ3) is 4.94. The van der Waals surface area contributed by atoms with Gasteiger partial charge in [-0.2, -0.15) is 0 Å². The normalized spacial score (nSPS) is 12.9. The lowest BCUT2D eigenvalue weighted by Crippen LogP contribution is -2.69. The van der Waals surface area contributed by atoms with Gasteiger partial charge in [0.1, 0.15) is 22.5 Å². The molecule has 0 aliphatic rings. The lowest BCUT2D eigenvalue weighted by Gasteiger charge is -2.58. The summed E-state index contributed by atoms with van der Waals surface area (Å²) in [5.74, 6) is 0. The van der Waals surface area contributed by atoms with Crippen LogP contribution in [-0.4, -0.2) is 11.1 Å². The van der Waals surface area contributed by atoms with Crippen LogP contribution in [-0.2, 0) is 0 Å². The fourth-order valence-electron chi connectivity index (χ4n) is 5.62. The minimum absolute atomic E-state index is 0.0909. The molecular weight excluding hydrogens is 350 g/mol. The average molecular weight is 395 g/mol. The van der Waals surface area contributed by atoms with E-state index in [2.05, 4.69) is 102 Å². The van der Waals surface area contributed by atoms with Crippen molar-refractivity contribution >= 4 is 11.4 Å². The van der Waals surface area contributed by atoms with Gasteiger partial charge < -0.3 is 0 Å². The molecule has 0 unspecified atom stereocenters. The van der Waals surface area contributed by atoms with Gasteiger partial charge in [-0.25, -0.2) is 0 Å². The van der Waals surface area contributed by atoms with Crippen LogP contribution in [0.2, 0.25) is 0 Å². The Morgan fingerprint density at radius 2 is 0.897 bits per heavy atom. The molecule has 0 aliphatic carbocycles. The number of unbranched alkanes of at least 4 members (excludes halogenated alkanes) is 4. The van der Waals surface area contributed by atoms with Crippen molar-refractivity contribution in [1.82, 2.24) is 4.48 Å². The van der Waals surface area contributed by atoms with Gasteiger partial charge in [0.25, 0.3) is 0 Å². The molecule has 2 aromatic rings. The van der Waals surface area contributed by atoms with Crippen LogP contribution in [0.1, 0.15) is 92.9 Å². The molecule has 0 saturated heterocycles. The maximum absolute atomic E-state index is 2.50. The summed E-state index contributed by atoms with van der Waals surface area (Å²) >= 11 is 0. The van der Waals surface area contributed by atoms with E-state index in [1.165, 1.54) is 62.7 Å². The molecular formula is C28H44N+. The highest BCUT2D eigenvalue weighted by atomic mass is 15.5. The third-order valence-corrected chi connectivity index (χ3v) is 6.89. The summed E-state index contributed by atoms with van der Waals surface area (Å²) in [6, 6.07) is 22.6. The SMILES string of the molecule is CCCCCC(C)(C)[N+](c1ccccc1)(c1ccccc1)C(C)(C)CCCCC. The van der Waals surface area contributed by atoms with E-state index in [1.807, 2.05) is 0 Å². The first kappa shape index (κ1) is 23.7. The maximum Gasteiger partial charge on any atom is 0.138 e. The van der Waals surface area contributed by atoms with Crippen LogP contribution in [0.15, 0.2) is 60.7 Å². The van der Waals surface area contributed by atoms with Crippen molar-refractivity contribution in [2.24, 2.45) is 0 Å². The Morgan fingerprint density at radius 1 is 0.552 bits per heavy atom.